The molecular formula is C24H17F3N6O. The molecule has 1 amide bonds. The van der Waals surface area contributed by atoms with Crippen molar-refractivity contribution in [3.8, 4) is 0 Å². The molecule has 0 radical (unpaired) electrons. The summed E-state index contributed by atoms with van der Waals surface area (Å²) in [6.45, 7) is 1.83. The Bertz CT molecular complexity index is 1540. The van der Waals surface area contributed by atoms with E-state index in [0.717, 1.165) is 11.8 Å². The van der Waals surface area contributed by atoms with E-state index in [0.29, 0.717) is 28.0 Å². The quantitative estimate of drug-likeness (QED) is 0.363. The van der Waals surface area contributed by atoms with Gasteiger partial charge in [0.2, 0.25) is 0 Å². The van der Waals surface area contributed by atoms with Gasteiger partial charge in [-0.2, -0.15) is 18.3 Å². The number of pyridine rings is 1. The van der Waals surface area contributed by atoms with E-state index in [4.69, 9.17) is 0 Å². The maximum atomic E-state index is 13.4. The third-order valence-corrected chi connectivity index (χ3v) is 5.10. The minimum atomic E-state index is -4.58. The van der Waals surface area contributed by atoms with Crippen LogP contribution in [0.4, 0.5) is 30.2 Å². The number of benzene rings is 2. The Morgan fingerprint density at radius 3 is 2.62 bits per heavy atom. The number of fused-ring (bicyclic) bond motifs is 2. The zero-order chi connectivity index (χ0) is 23.9. The fourth-order valence-electron chi connectivity index (χ4n) is 3.57. The molecule has 0 fully saturated rings. The molecule has 0 spiro atoms. The van der Waals surface area contributed by atoms with Crippen molar-refractivity contribution in [2.24, 2.45) is 0 Å². The summed E-state index contributed by atoms with van der Waals surface area (Å²) in [6.07, 6.45) is -1.55. The second kappa shape index (κ2) is 8.14. The number of carbonyl (C=O) groups is 1. The fraction of sp³-hybridized carbons (Fsp3) is 0.0833. The third kappa shape index (κ3) is 4.25. The molecule has 0 aliphatic rings. The number of rotatable bonds is 4. The molecule has 10 heteroatoms. The molecular weight excluding hydrogens is 445 g/mol. The van der Waals surface area contributed by atoms with Crippen LogP contribution in [0.5, 0.6) is 0 Å². The van der Waals surface area contributed by atoms with Crippen LogP contribution in [-0.4, -0.2) is 25.5 Å². The lowest BCUT2D eigenvalue weighted by molar-refractivity contribution is -0.140. The summed E-state index contributed by atoms with van der Waals surface area (Å²) in [6, 6.07) is 16.0. The van der Waals surface area contributed by atoms with Gasteiger partial charge in [-0.25, -0.2) is 14.5 Å². The average Bonchev–Trinajstić information content (AvgIpc) is 3.18. The zero-order valence-corrected chi connectivity index (χ0v) is 17.8. The van der Waals surface area contributed by atoms with E-state index in [1.165, 1.54) is 16.8 Å². The number of para-hydroxylation sites is 1. The van der Waals surface area contributed by atoms with Crippen molar-refractivity contribution in [3.05, 3.63) is 90.0 Å². The van der Waals surface area contributed by atoms with E-state index in [1.54, 1.807) is 54.7 Å². The molecule has 7 nitrogen and oxygen atoms in total. The third-order valence-electron chi connectivity index (χ3n) is 5.10. The van der Waals surface area contributed by atoms with Gasteiger partial charge in [0.05, 0.1) is 22.5 Å². The topological polar surface area (TPSA) is 84.2 Å². The van der Waals surface area contributed by atoms with E-state index < -0.39 is 17.8 Å². The number of halogens is 3. The Kier molecular flexibility index (Phi) is 5.12. The smallest absolute Gasteiger partial charge is 0.355 e. The highest BCUT2D eigenvalue weighted by molar-refractivity contribution is 6.04. The average molecular weight is 462 g/mol. The van der Waals surface area contributed by atoms with Crippen LogP contribution in [0.25, 0.3) is 16.6 Å². The number of anilines is 3. The van der Waals surface area contributed by atoms with Crippen molar-refractivity contribution in [2.75, 3.05) is 10.6 Å². The number of hydrogen-bond acceptors (Lipinski definition) is 5. The van der Waals surface area contributed by atoms with Gasteiger partial charge in [0.25, 0.3) is 5.91 Å². The van der Waals surface area contributed by atoms with E-state index in [1.807, 2.05) is 6.92 Å². The molecule has 2 aromatic carbocycles. The molecule has 5 rings (SSSR count). The van der Waals surface area contributed by atoms with Crippen LogP contribution in [0.15, 0.2) is 73.1 Å². The van der Waals surface area contributed by atoms with Gasteiger partial charge >= 0.3 is 6.18 Å². The monoisotopic (exact) mass is 462 g/mol. The van der Waals surface area contributed by atoms with Crippen LogP contribution in [0.3, 0.4) is 0 Å². The summed E-state index contributed by atoms with van der Waals surface area (Å²) in [5, 5.41) is 10.6. The molecule has 170 valence electrons. The summed E-state index contributed by atoms with van der Waals surface area (Å²) in [5.41, 5.74) is 2.16. The molecule has 0 saturated carbocycles. The van der Waals surface area contributed by atoms with Crippen LogP contribution >= 0.6 is 0 Å². The number of aryl methyl sites for hydroxylation is 1. The lowest BCUT2D eigenvalue weighted by atomic mass is 10.1. The Labute approximate surface area is 191 Å². The number of hydrogen-bond donors (Lipinski definition) is 2. The first kappa shape index (κ1) is 21.4. The van der Waals surface area contributed by atoms with Crippen LogP contribution in [-0.2, 0) is 6.18 Å². The number of aromatic nitrogens is 4. The van der Waals surface area contributed by atoms with Gasteiger partial charge in [0.1, 0.15) is 5.69 Å². The van der Waals surface area contributed by atoms with Gasteiger partial charge in [-0.15, -0.1) is 0 Å². The summed E-state index contributed by atoms with van der Waals surface area (Å²) < 4.78 is 41.6. The molecule has 2 N–H and O–H groups in total. The van der Waals surface area contributed by atoms with Crippen LogP contribution in [0, 0.1) is 6.92 Å². The molecule has 0 saturated heterocycles. The van der Waals surface area contributed by atoms with Gasteiger partial charge in [-0.3, -0.25) is 4.79 Å². The maximum Gasteiger partial charge on any atom is 0.433 e. The maximum absolute atomic E-state index is 13.4. The zero-order valence-electron chi connectivity index (χ0n) is 17.8. The minimum Gasteiger partial charge on any atom is -0.355 e. The lowest BCUT2D eigenvalue weighted by Gasteiger charge is -2.14. The number of amides is 1. The van der Waals surface area contributed by atoms with Crippen LogP contribution < -0.4 is 10.6 Å². The highest BCUT2D eigenvalue weighted by Crippen LogP contribution is 2.34. The van der Waals surface area contributed by atoms with Gasteiger partial charge < -0.3 is 10.6 Å². The van der Waals surface area contributed by atoms with Crippen LogP contribution in [0.1, 0.15) is 21.7 Å². The Morgan fingerprint density at radius 2 is 1.79 bits per heavy atom. The molecule has 0 aliphatic carbocycles. The van der Waals surface area contributed by atoms with E-state index in [-0.39, 0.29) is 11.2 Å². The standard InChI is InChI=1S/C24H17F3N6O/c1-14-9-22-28-12-15(13-33(22)32-14)23(34)30-17-6-4-5-16(10-17)29-20-11-21(24(25,26)27)31-19-8-3-2-7-18(19)20/h2-13H,1H3,(H,29,31)(H,30,34). The number of carbonyl (C=O) groups excluding carboxylic acids is 1. The van der Waals surface area contributed by atoms with Gasteiger partial charge in [-0.1, -0.05) is 24.3 Å². The molecule has 3 aromatic heterocycles. The highest BCUT2D eigenvalue weighted by atomic mass is 19.4. The SMILES string of the molecule is Cc1cc2ncc(C(=O)Nc3cccc(Nc4cc(C(F)(F)F)nc5ccccc45)c3)cn2n1. The normalized spacial score (nSPS) is 11.6. The first-order valence-electron chi connectivity index (χ1n) is 10.2. The van der Waals surface area contributed by atoms with E-state index in [2.05, 4.69) is 25.7 Å². The van der Waals surface area contributed by atoms with Crippen molar-refractivity contribution in [1.82, 2.24) is 19.6 Å². The molecule has 0 atom stereocenters. The summed E-state index contributed by atoms with van der Waals surface area (Å²) in [5.74, 6) is -0.395. The molecule has 34 heavy (non-hydrogen) atoms. The fourth-order valence-corrected chi connectivity index (χ4v) is 3.57. The van der Waals surface area contributed by atoms with E-state index in [9.17, 15) is 18.0 Å². The van der Waals surface area contributed by atoms with E-state index >= 15 is 0 Å². The predicted molar refractivity (Wildman–Crippen MR) is 122 cm³/mol. The molecule has 3 heterocycles. The predicted octanol–water partition coefficient (Wildman–Crippen LogP) is 5.60. The molecule has 0 aliphatic heterocycles. The molecule has 0 bridgehead atoms. The van der Waals surface area contributed by atoms with Crippen molar-refractivity contribution >= 4 is 39.5 Å². The largest absolute Gasteiger partial charge is 0.433 e. The number of alkyl halides is 3. The van der Waals surface area contributed by atoms with Crippen LogP contribution in [0.2, 0.25) is 0 Å². The first-order valence-corrected chi connectivity index (χ1v) is 10.2. The van der Waals surface area contributed by atoms with Gasteiger partial charge in [0.15, 0.2) is 5.65 Å². The van der Waals surface area contributed by atoms with Crippen molar-refractivity contribution < 1.29 is 18.0 Å². The number of nitrogens with zero attached hydrogens (tertiary/aromatic N) is 4. The Hall–Kier alpha value is -4.47. The molecule has 5 aromatic rings. The minimum absolute atomic E-state index is 0.223. The Balaban J connectivity index is 1.42. The highest BCUT2D eigenvalue weighted by Gasteiger charge is 2.33. The summed E-state index contributed by atoms with van der Waals surface area (Å²) in [4.78, 5) is 20.7. The Morgan fingerprint density at radius 1 is 1.00 bits per heavy atom. The van der Waals surface area contributed by atoms with Gasteiger partial charge in [0, 0.05) is 35.2 Å². The first-order chi connectivity index (χ1) is 16.3. The van der Waals surface area contributed by atoms with Crippen molar-refractivity contribution in [1.29, 1.82) is 0 Å². The van der Waals surface area contributed by atoms with Crippen molar-refractivity contribution in [2.45, 2.75) is 13.1 Å². The second-order valence-corrected chi connectivity index (χ2v) is 7.66. The van der Waals surface area contributed by atoms with Crippen molar-refractivity contribution in [3.63, 3.8) is 0 Å². The van der Waals surface area contributed by atoms with Gasteiger partial charge in [-0.05, 0) is 37.3 Å². The second-order valence-electron chi connectivity index (χ2n) is 7.66. The number of nitrogens with one attached hydrogen (secondary N) is 2. The summed E-state index contributed by atoms with van der Waals surface area (Å²) in [7, 11) is 0. The summed E-state index contributed by atoms with van der Waals surface area (Å²) >= 11 is 0. The lowest BCUT2D eigenvalue weighted by Crippen LogP contribution is -2.13. The molecule has 0 unspecified atom stereocenters.